The number of aromatic amines is 1. The molecule has 1 fully saturated rings. The number of benzene rings is 1. The Morgan fingerprint density at radius 2 is 1.83 bits per heavy atom. The number of nitrogens with zero attached hydrogens (tertiary/aromatic N) is 3. The van der Waals surface area contributed by atoms with Crippen molar-refractivity contribution in [1.82, 2.24) is 19.8 Å². The maximum atomic E-state index is 12.9. The molecule has 0 aliphatic carbocycles. The van der Waals surface area contributed by atoms with Gasteiger partial charge in [-0.3, -0.25) is 14.5 Å². The van der Waals surface area contributed by atoms with E-state index in [1.807, 2.05) is 26.0 Å². The van der Waals surface area contributed by atoms with E-state index in [2.05, 4.69) is 27.0 Å². The summed E-state index contributed by atoms with van der Waals surface area (Å²) in [5.41, 5.74) is 2.45. The largest absolute Gasteiger partial charge is 0.494 e. The molecule has 3 heterocycles. The standard InChI is InChI=1S/C23H26N4O3/c1-3-30-18-7-5-17(6-8-18)15-26-10-12-27(13-11-26)23(29)20-14-24-22-19(21(20)28)9-4-16(2)25-22/h4-9,14H,3,10-13,15H2,1-2H3,(H,24,25,28). The lowest BCUT2D eigenvalue weighted by atomic mass is 10.1. The molecule has 30 heavy (non-hydrogen) atoms. The molecule has 1 aliphatic heterocycles. The van der Waals surface area contributed by atoms with Crippen molar-refractivity contribution in [2.75, 3.05) is 32.8 Å². The summed E-state index contributed by atoms with van der Waals surface area (Å²) in [6.45, 7) is 8.05. The highest BCUT2D eigenvalue weighted by molar-refractivity contribution is 5.96. The Bertz CT molecular complexity index is 1100. The van der Waals surface area contributed by atoms with Gasteiger partial charge < -0.3 is 14.6 Å². The van der Waals surface area contributed by atoms with E-state index in [1.165, 1.54) is 11.8 Å². The summed E-state index contributed by atoms with van der Waals surface area (Å²) < 4.78 is 5.49. The van der Waals surface area contributed by atoms with Crippen LogP contribution in [0, 0.1) is 6.92 Å². The van der Waals surface area contributed by atoms with Crippen LogP contribution in [0.3, 0.4) is 0 Å². The SMILES string of the molecule is CCOc1ccc(CN2CCN(C(=O)c3c[nH]c4nc(C)ccc4c3=O)CC2)cc1. The van der Waals surface area contributed by atoms with Crippen molar-refractivity contribution in [3.63, 3.8) is 0 Å². The summed E-state index contributed by atoms with van der Waals surface area (Å²) in [5, 5.41) is 0.445. The second-order valence-electron chi connectivity index (χ2n) is 7.53. The number of pyridine rings is 2. The maximum Gasteiger partial charge on any atom is 0.259 e. The highest BCUT2D eigenvalue weighted by Gasteiger charge is 2.24. The van der Waals surface area contributed by atoms with Crippen molar-refractivity contribution in [1.29, 1.82) is 0 Å². The Morgan fingerprint density at radius 3 is 2.53 bits per heavy atom. The molecule has 156 valence electrons. The zero-order valence-electron chi connectivity index (χ0n) is 17.4. The van der Waals surface area contributed by atoms with E-state index in [4.69, 9.17) is 4.74 Å². The van der Waals surface area contributed by atoms with Gasteiger partial charge in [0.2, 0.25) is 5.43 Å². The maximum absolute atomic E-state index is 12.9. The Kier molecular flexibility index (Phi) is 5.81. The van der Waals surface area contributed by atoms with Gasteiger partial charge in [-0.2, -0.15) is 0 Å². The highest BCUT2D eigenvalue weighted by atomic mass is 16.5. The van der Waals surface area contributed by atoms with Gasteiger partial charge in [-0.15, -0.1) is 0 Å². The fourth-order valence-electron chi connectivity index (χ4n) is 3.76. The van der Waals surface area contributed by atoms with E-state index >= 15 is 0 Å². The van der Waals surface area contributed by atoms with Gasteiger partial charge in [0, 0.05) is 44.6 Å². The fourth-order valence-corrected chi connectivity index (χ4v) is 3.76. The summed E-state index contributed by atoms with van der Waals surface area (Å²) in [6, 6.07) is 11.6. The summed E-state index contributed by atoms with van der Waals surface area (Å²) >= 11 is 0. The number of hydrogen-bond acceptors (Lipinski definition) is 5. The third-order valence-corrected chi connectivity index (χ3v) is 5.41. The second kappa shape index (κ2) is 8.67. The molecule has 1 amide bonds. The van der Waals surface area contributed by atoms with Crippen LogP contribution in [0.1, 0.15) is 28.5 Å². The van der Waals surface area contributed by atoms with E-state index in [9.17, 15) is 9.59 Å². The Hall–Kier alpha value is -3.19. The first kappa shape index (κ1) is 20.1. The molecule has 1 saturated heterocycles. The number of carbonyl (C=O) groups is 1. The number of H-pyrrole nitrogens is 1. The molecule has 2 aromatic heterocycles. The average Bonchev–Trinajstić information content (AvgIpc) is 2.75. The third kappa shape index (κ3) is 4.21. The quantitative estimate of drug-likeness (QED) is 0.705. The zero-order chi connectivity index (χ0) is 21.1. The molecule has 0 unspecified atom stereocenters. The Balaban J connectivity index is 1.39. The van der Waals surface area contributed by atoms with Gasteiger partial charge in [-0.25, -0.2) is 4.98 Å². The molecule has 1 aliphatic rings. The zero-order valence-corrected chi connectivity index (χ0v) is 17.4. The first-order valence-electron chi connectivity index (χ1n) is 10.3. The monoisotopic (exact) mass is 406 g/mol. The van der Waals surface area contributed by atoms with Crippen molar-refractivity contribution in [2.24, 2.45) is 0 Å². The molecule has 0 spiro atoms. The molecule has 3 aromatic rings. The van der Waals surface area contributed by atoms with Gasteiger partial charge in [0.15, 0.2) is 0 Å². The number of amides is 1. The van der Waals surface area contributed by atoms with Gasteiger partial charge in [0.05, 0.1) is 12.0 Å². The molecular formula is C23H26N4O3. The summed E-state index contributed by atoms with van der Waals surface area (Å²) in [5.74, 6) is 0.655. The number of fused-ring (bicyclic) bond motifs is 1. The van der Waals surface area contributed by atoms with Gasteiger partial charge in [-0.05, 0) is 43.7 Å². The van der Waals surface area contributed by atoms with Crippen molar-refractivity contribution in [3.05, 3.63) is 69.6 Å². The second-order valence-corrected chi connectivity index (χ2v) is 7.53. The van der Waals surface area contributed by atoms with Gasteiger partial charge in [0.1, 0.15) is 17.0 Å². The summed E-state index contributed by atoms with van der Waals surface area (Å²) in [6.07, 6.45) is 1.49. The molecule has 0 bridgehead atoms. The van der Waals surface area contributed by atoms with E-state index in [-0.39, 0.29) is 16.9 Å². The van der Waals surface area contributed by atoms with Gasteiger partial charge >= 0.3 is 0 Å². The topological polar surface area (TPSA) is 78.5 Å². The lowest BCUT2D eigenvalue weighted by Crippen LogP contribution is -2.49. The highest BCUT2D eigenvalue weighted by Crippen LogP contribution is 2.15. The molecule has 4 rings (SSSR count). The third-order valence-electron chi connectivity index (χ3n) is 5.41. The van der Waals surface area contributed by atoms with Crippen molar-refractivity contribution in [2.45, 2.75) is 20.4 Å². The van der Waals surface area contributed by atoms with Crippen LogP contribution in [0.2, 0.25) is 0 Å². The van der Waals surface area contributed by atoms with Gasteiger partial charge in [0.25, 0.3) is 5.91 Å². The minimum Gasteiger partial charge on any atom is -0.494 e. The predicted octanol–water partition coefficient (Wildman–Crippen LogP) is 2.59. The number of carbonyl (C=O) groups excluding carboxylic acids is 1. The normalized spacial score (nSPS) is 14.8. The molecular weight excluding hydrogens is 380 g/mol. The van der Waals surface area contributed by atoms with Crippen LogP contribution in [0.15, 0.2) is 47.4 Å². The number of ether oxygens (including phenoxy) is 1. The first-order valence-corrected chi connectivity index (χ1v) is 10.3. The number of rotatable bonds is 5. The minimum atomic E-state index is -0.266. The lowest BCUT2D eigenvalue weighted by molar-refractivity contribution is 0.0627. The van der Waals surface area contributed by atoms with E-state index in [1.54, 1.807) is 17.0 Å². The smallest absolute Gasteiger partial charge is 0.259 e. The van der Waals surface area contributed by atoms with E-state index in [0.717, 1.165) is 31.1 Å². The summed E-state index contributed by atoms with van der Waals surface area (Å²) in [4.78, 5) is 37.1. The molecule has 7 heteroatoms. The van der Waals surface area contributed by atoms with Crippen molar-refractivity contribution in [3.8, 4) is 5.75 Å². The van der Waals surface area contributed by atoms with Crippen molar-refractivity contribution >= 4 is 16.9 Å². The van der Waals surface area contributed by atoms with Crippen LogP contribution in [0.4, 0.5) is 0 Å². The van der Waals surface area contributed by atoms with Crippen LogP contribution in [-0.4, -0.2) is 58.5 Å². The molecule has 1 N–H and O–H groups in total. The van der Waals surface area contributed by atoms with Crippen LogP contribution in [-0.2, 0) is 6.54 Å². The van der Waals surface area contributed by atoms with Crippen LogP contribution in [0.5, 0.6) is 5.75 Å². The average molecular weight is 406 g/mol. The number of aryl methyl sites for hydroxylation is 1. The number of nitrogens with one attached hydrogen (secondary N) is 1. The number of piperazine rings is 1. The Morgan fingerprint density at radius 1 is 1.10 bits per heavy atom. The van der Waals surface area contributed by atoms with E-state index in [0.29, 0.717) is 30.7 Å². The molecule has 0 radical (unpaired) electrons. The first-order chi connectivity index (χ1) is 14.5. The minimum absolute atomic E-state index is 0.174. The van der Waals surface area contributed by atoms with Crippen LogP contribution < -0.4 is 10.2 Å². The molecule has 0 atom stereocenters. The molecule has 1 aromatic carbocycles. The molecule has 7 nitrogen and oxygen atoms in total. The van der Waals surface area contributed by atoms with Crippen molar-refractivity contribution < 1.29 is 9.53 Å². The summed E-state index contributed by atoms with van der Waals surface area (Å²) in [7, 11) is 0. The molecule has 0 saturated carbocycles. The predicted molar refractivity (Wildman–Crippen MR) is 116 cm³/mol. The lowest BCUT2D eigenvalue weighted by Gasteiger charge is -2.34. The number of hydrogen-bond donors (Lipinski definition) is 1. The van der Waals surface area contributed by atoms with E-state index < -0.39 is 0 Å². The van der Waals surface area contributed by atoms with Crippen LogP contribution in [0.25, 0.3) is 11.0 Å². The number of aromatic nitrogens is 2. The van der Waals surface area contributed by atoms with Crippen LogP contribution >= 0.6 is 0 Å². The fraction of sp³-hybridized carbons (Fsp3) is 0.348. The van der Waals surface area contributed by atoms with Gasteiger partial charge in [-0.1, -0.05) is 12.1 Å². The Labute approximate surface area is 175 Å².